The number of carbonyl (C=O) groups is 1. The number of hydrogen-bond donors (Lipinski definition) is 1. The van der Waals surface area contributed by atoms with E-state index in [2.05, 4.69) is 0 Å². The molecule has 0 spiro atoms. The number of carboxylic acid groups (broad SMARTS) is 1. The van der Waals surface area contributed by atoms with Crippen LogP contribution in [0.15, 0.2) is 101 Å². The lowest BCUT2D eigenvalue weighted by Crippen LogP contribution is -2.03. The van der Waals surface area contributed by atoms with Crippen LogP contribution in [0.5, 0.6) is 0 Å². The third-order valence-corrected chi connectivity index (χ3v) is 4.60. The van der Waals surface area contributed by atoms with Gasteiger partial charge in [0.15, 0.2) is 0 Å². The zero-order valence-electron chi connectivity index (χ0n) is 12.9. The molecule has 118 valence electrons. The highest BCUT2D eigenvalue weighted by Gasteiger charge is 2.19. The van der Waals surface area contributed by atoms with Crippen LogP contribution in [0.3, 0.4) is 0 Å². The zero-order chi connectivity index (χ0) is 16.8. The van der Waals surface area contributed by atoms with Crippen molar-refractivity contribution < 1.29 is 9.90 Å². The Balaban J connectivity index is 2.19. The van der Waals surface area contributed by atoms with Gasteiger partial charge in [-0.3, -0.25) is 0 Å². The quantitative estimate of drug-likeness (QED) is 0.507. The standard InChI is InChI=1S/C21H16O2S/c22-21(23)20(24-18-14-8-3-9-15-18)19(16-10-4-1-5-11-16)17-12-6-2-7-13-17/h1-15H,(H,22,23). The summed E-state index contributed by atoms with van der Waals surface area (Å²) < 4.78 is 0. The maximum Gasteiger partial charge on any atom is 0.343 e. The molecule has 0 aliphatic rings. The second-order valence-corrected chi connectivity index (χ2v) is 6.24. The fourth-order valence-electron chi connectivity index (χ4n) is 2.45. The lowest BCUT2D eigenvalue weighted by Gasteiger charge is -2.13. The van der Waals surface area contributed by atoms with Gasteiger partial charge in [0, 0.05) is 10.5 Å². The molecule has 0 bridgehead atoms. The molecule has 2 nitrogen and oxygen atoms in total. The van der Waals surface area contributed by atoms with Gasteiger partial charge in [0.1, 0.15) is 4.91 Å². The lowest BCUT2D eigenvalue weighted by atomic mass is 9.97. The fraction of sp³-hybridized carbons (Fsp3) is 0. The summed E-state index contributed by atoms with van der Waals surface area (Å²) in [6, 6.07) is 28.9. The van der Waals surface area contributed by atoms with Crippen molar-refractivity contribution in [1.82, 2.24) is 0 Å². The molecule has 0 fully saturated rings. The van der Waals surface area contributed by atoms with Crippen LogP contribution in [0.25, 0.3) is 5.57 Å². The number of thioether (sulfide) groups is 1. The van der Waals surface area contributed by atoms with Gasteiger partial charge in [-0.1, -0.05) is 90.6 Å². The minimum absolute atomic E-state index is 0.318. The molecular formula is C21H16O2S. The van der Waals surface area contributed by atoms with E-state index >= 15 is 0 Å². The van der Waals surface area contributed by atoms with E-state index in [1.807, 2.05) is 91.0 Å². The highest BCUT2D eigenvalue weighted by atomic mass is 32.2. The smallest absolute Gasteiger partial charge is 0.343 e. The lowest BCUT2D eigenvalue weighted by molar-refractivity contribution is -0.131. The van der Waals surface area contributed by atoms with Gasteiger partial charge in [-0.25, -0.2) is 4.79 Å². The second-order valence-electron chi connectivity index (χ2n) is 5.16. The Morgan fingerprint density at radius 2 is 1.08 bits per heavy atom. The highest BCUT2D eigenvalue weighted by molar-refractivity contribution is 8.04. The average Bonchev–Trinajstić information content (AvgIpc) is 2.64. The molecule has 0 aliphatic carbocycles. The summed E-state index contributed by atoms with van der Waals surface area (Å²) in [6.45, 7) is 0. The first-order chi connectivity index (χ1) is 11.8. The Kier molecular flexibility index (Phi) is 5.14. The van der Waals surface area contributed by atoms with Gasteiger partial charge in [0.2, 0.25) is 0 Å². The van der Waals surface area contributed by atoms with E-state index in [0.717, 1.165) is 21.6 Å². The fourth-order valence-corrected chi connectivity index (χ4v) is 3.40. The van der Waals surface area contributed by atoms with E-state index in [1.165, 1.54) is 11.8 Å². The molecule has 0 amide bonds. The summed E-state index contributed by atoms with van der Waals surface area (Å²) in [5, 5.41) is 9.85. The summed E-state index contributed by atoms with van der Waals surface area (Å²) >= 11 is 1.27. The van der Waals surface area contributed by atoms with Crippen molar-refractivity contribution in [3.05, 3.63) is 107 Å². The third kappa shape index (κ3) is 3.76. The van der Waals surface area contributed by atoms with Crippen LogP contribution in [-0.4, -0.2) is 11.1 Å². The number of hydrogen-bond acceptors (Lipinski definition) is 2. The Hall–Kier alpha value is -2.78. The molecule has 3 heteroatoms. The van der Waals surface area contributed by atoms with E-state index in [-0.39, 0.29) is 0 Å². The summed E-state index contributed by atoms with van der Waals surface area (Å²) in [4.78, 5) is 13.2. The largest absolute Gasteiger partial charge is 0.477 e. The van der Waals surface area contributed by atoms with Crippen molar-refractivity contribution >= 4 is 23.3 Å². The minimum Gasteiger partial charge on any atom is -0.477 e. The molecule has 0 unspecified atom stereocenters. The molecule has 3 aromatic rings. The molecule has 1 N–H and O–H groups in total. The van der Waals surface area contributed by atoms with Crippen molar-refractivity contribution in [3.8, 4) is 0 Å². The van der Waals surface area contributed by atoms with Crippen molar-refractivity contribution in [3.63, 3.8) is 0 Å². The summed E-state index contributed by atoms with van der Waals surface area (Å²) in [5.41, 5.74) is 2.52. The molecule has 0 radical (unpaired) electrons. The van der Waals surface area contributed by atoms with E-state index in [9.17, 15) is 9.90 Å². The first-order valence-electron chi connectivity index (χ1n) is 7.57. The molecule has 3 aromatic carbocycles. The molecule has 0 saturated carbocycles. The third-order valence-electron chi connectivity index (χ3n) is 3.51. The summed E-state index contributed by atoms with van der Waals surface area (Å²) in [7, 11) is 0. The second kappa shape index (κ2) is 7.66. The average molecular weight is 332 g/mol. The summed E-state index contributed by atoms with van der Waals surface area (Å²) in [6.07, 6.45) is 0. The molecule has 0 aliphatic heterocycles. The maximum absolute atomic E-state index is 12.0. The van der Waals surface area contributed by atoms with Gasteiger partial charge in [0.25, 0.3) is 0 Å². The van der Waals surface area contributed by atoms with Crippen LogP contribution < -0.4 is 0 Å². The minimum atomic E-state index is -0.924. The van der Waals surface area contributed by atoms with Crippen LogP contribution in [0.2, 0.25) is 0 Å². The van der Waals surface area contributed by atoms with Crippen molar-refractivity contribution in [2.75, 3.05) is 0 Å². The van der Waals surface area contributed by atoms with E-state index < -0.39 is 5.97 Å². The number of aliphatic carboxylic acids is 1. The van der Waals surface area contributed by atoms with Gasteiger partial charge in [-0.2, -0.15) is 0 Å². The van der Waals surface area contributed by atoms with Crippen molar-refractivity contribution in [2.45, 2.75) is 4.90 Å². The normalized spacial score (nSPS) is 10.2. The van der Waals surface area contributed by atoms with Crippen LogP contribution in [0, 0.1) is 0 Å². The SMILES string of the molecule is O=C(O)C(Sc1ccccc1)=C(c1ccccc1)c1ccccc1. The van der Waals surface area contributed by atoms with Crippen LogP contribution in [0.4, 0.5) is 0 Å². The molecular weight excluding hydrogens is 316 g/mol. The molecule has 24 heavy (non-hydrogen) atoms. The van der Waals surface area contributed by atoms with Crippen molar-refractivity contribution in [2.24, 2.45) is 0 Å². The van der Waals surface area contributed by atoms with Crippen molar-refractivity contribution in [1.29, 1.82) is 0 Å². The first-order valence-corrected chi connectivity index (χ1v) is 8.38. The Morgan fingerprint density at radius 1 is 0.667 bits per heavy atom. The molecule has 3 rings (SSSR count). The number of carboxylic acids is 1. The van der Waals surface area contributed by atoms with E-state index in [0.29, 0.717) is 4.91 Å². The number of benzene rings is 3. The van der Waals surface area contributed by atoms with Gasteiger partial charge in [-0.05, 0) is 23.3 Å². The Bertz CT molecular complexity index is 799. The van der Waals surface area contributed by atoms with Crippen LogP contribution >= 0.6 is 11.8 Å². The van der Waals surface area contributed by atoms with Crippen LogP contribution in [0.1, 0.15) is 11.1 Å². The maximum atomic E-state index is 12.0. The Labute approximate surface area is 145 Å². The van der Waals surface area contributed by atoms with Gasteiger partial charge in [0.05, 0.1) is 0 Å². The zero-order valence-corrected chi connectivity index (χ0v) is 13.7. The number of rotatable bonds is 5. The topological polar surface area (TPSA) is 37.3 Å². The molecule has 0 aromatic heterocycles. The van der Waals surface area contributed by atoms with Gasteiger partial charge < -0.3 is 5.11 Å². The molecule has 0 saturated heterocycles. The van der Waals surface area contributed by atoms with E-state index in [4.69, 9.17) is 0 Å². The highest BCUT2D eigenvalue weighted by Crippen LogP contribution is 2.36. The molecule has 0 heterocycles. The first kappa shape index (κ1) is 16.1. The molecule has 0 atom stereocenters. The van der Waals surface area contributed by atoms with E-state index in [1.54, 1.807) is 0 Å². The van der Waals surface area contributed by atoms with Gasteiger partial charge in [-0.15, -0.1) is 0 Å². The van der Waals surface area contributed by atoms with Gasteiger partial charge >= 0.3 is 5.97 Å². The monoisotopic (exact) mass is 332 g/mol. The summed E-state index contributed by atoms with van der Waals surface area (Å²) in [5.74, 6) is -0.924. The predicted molar refractivity (Wildman–Crippen MR) is 98.8 cm³/mol. The predicted octanol–water partition coefficient (Wildman–Crippen LogP) is 5.32. The Morgan fingerprint density at radius 3 is 1.50 bits per heavy atom. The van der Waals surface area contributed by atoms with Crippen LogP contribution in [-0.2, 0) is 4.79 Å².